The zero-order valence-electron chi connectivity index (χ0n) is 19.1. The van der Waals surface area contributed by atoms with E-state index in [-0.39, 0.29) is 23.5 Å². The number of carbonyl (C=O) groups is 2. The zero-order chi connectivity index (χ0) is 24.5. The van der Waals surface area contributed by atoms with Gasteiger partial charge >= 0.3 is 0 Å². The Morgan fingerprint density at radius 1 is 1.12 bits per heavy atom. The first-order valence-corrected chi connectivity index (χ1v) is 11.4. The summed E-state index contributed by atoms with van der Waals surface area (Å²) in [6, 6.07) is 9.10. The molecule has 34 heavy (non-hydrogen) atoms. The van der Waals surface area contributed by atoms with Crippen molar-refractivity contribution in [1.82, 2.24) is 0 Å². The third-order valence-corrected chi connectivity index (χ3v) is 7.74. The third-order valence-electron chi connectivity index (χ3n) is 7.74. The molecule has 3 fully saturated rings. The van der Waals surface area contributed by atoms with Gasteiger partial charge in [0.25, 0.3) is 5.69 Å². The van der Waals surface area contributed by atoms with Gasteiger partial charge in [-0.3, -0.25) is 19.7 Å². The monoisotopic (exact) mass is 466 g/mol. The number of phenolic OH excluding ortho intramolecular Hbond substituents is 1. The van der Waals surface area contributed by atoms with Crippen LogP contribution in [-0.2, 0) is 14.3 Å². The summed E-state index contributed by atoms with van der Waals surface area (Å²) in [7, 11) is 0. The molecule has 3 aliphatic rings. The second kappa shape index (κ2) is 7.61. The number of non-ortho nitro benzene ring substituents is 1. The van der Waals surface area contributed by atoms with Crippen LogP contribution in [0, 0.1) is 47.6 Å². The lowest BCUT2D eigenvalue weighted by atomic mass is 9.65. The van der Waals surface area contributed by atoms with E-state index in [0.717, 1.165) is 10.5 Å². The number of aromatic hydroxyl groups is 1. The molecule has 5 rings (SSSR count). The molecule has 2 N–H and O–H groups in total. The van der Waals surface area contributed by atoms with Crippen LogP contribution in [0.15, 0.2) is 36.4 Å². The third kappa shape index (κ3) is 3.14. The van der Waals surface area contributed by atoms with E-state index >= 15 is 0 Å². The average molecular weight is 466 g/mol. The second-order valence-electron chi connectivity index (χ2n) is 9.76. The molecule has 2 aromatic carbocycles. The van der Waals surface area contributed by atoms with Crippen LogP contribution >= 0.6 is 0 Å². The van der Waals surface area contributed by atoms with Gasteiger partial charge in [0.1, 0.15) is 5.75 Å². The second-order valence-corrected chi connectivity index (χ2v) is 9.76. The lowest BCUT2D eigenvalue weighted by Crippen LogP contribution is -2.52. The number of carbonyl (C=O) groups excluding carboxylic acids is 2. The number of benzene rings is 2. The number of fused-ring (bicyclic) bond motifs is 3. The van der Waals surface area contributed by atoms with Crippen molar-refractivity contribution in [3.05, 3.63) is 63.2 Å². The Bertz CT molecular complexity index is 1200. The molecule has 0 bridgehead atoms. The Labute approximate surface area is 196 Å². The molecule has 1 saturated carbocycles. The van der Waals surface area contributed by atoms with Crippen LogP contribution in [0.25, 0.3) is 0 Å². The standard InChI is InChI=1S/C25H26N2O7/c1-12-7-15(8-13(2)22(12)28)20-11-19-21-18(9-14(3)25(19,31)34-20)23(29)26(24(21)30)16-5-4-6-17(10-16)27(32)33/h4-8,10,14,18-21,28,31H,9,11H2,1-3H3/t14-,18-,19-,20-,21-,25+/m0/s1. The van der Waals surface area contributed by atoms with Crippen LogP contribution in [-0.4, -0.2) is 32.7 Å². The van der Waals surface area contributed by atoms with E-state index in [1.807, 2.05) is 19.1 Å². The molecule has 2 aliphatic heterocycles. The van der Waals surface area contributed by atoms with Crippen molar-refractivity contribution in [2.75, 3.05) is 4.90 Å². The molecule has 0 aromatic heterocycles. The number of phenols is 1. The number of ether oxygens (including phenoxy) is 1. The fourth-order valence-electron chi connectivity index (χ4n) is 6.03. The number of anilines is 1. The summed E-state index contributed by atoms with van der Waals surface area (Å²) >= 11 is 0. The average Bonchev–Trinajstić information content (AvgIpc) is 3.27. The maximum atomic E-state index is 13.6. The molecular weight excluding hydrogens is 440 g/mol. The van der Waals surface area contributed by atoms with E-state index in [2.05, 4.69) is 0 Å². The van der Waals surface area contributed by atoms with Crippen LogP contribution in [0.3, 0.4) is 0 Å². The van der Waals surface area contributed by atoms with Crippen molar-refractivity contribution in [3.8, 4) is 5.75 Å². The Morgan fingerprint density at radius 3 is 2.44 bits per heavy atom. The van der Waals surface area contributed by atoms with Crippen molar-refractivity contribution in [3.63, 3.8) is 0 Å². The van der Waals surface area contributed by atoms with Crippen molar-refractivity contribution < 1.29 is 29.5 Å². The zero-order valence-corrected chi connectivity index (χ0v) is 19.1. The van der Waals surface area contributed by atoms with E-state index in [9.17, 15) is 29.9 Å². The molecule has 6 atom stereocenters. The van der Waals surface area contributed by atoms with Crippen LogP contribution in [0.2, 0.25) is 0 Å². The topological polar surface area (TPSA) is 130 Å². The first-order chi connectivity index (χ1) is 16.0. The molecular formula is C25H26N2O7. The van der Waals surface area contributed by atoms with Gasteiger partial charge in [-0.2, -0.15) is 0 Å². The Morgan fingerprint density at radius 2 is 1.79 bits per heavy atom. The van der Waals surface area contributed by atoms with Gasteiger partial charge in [0.05, 0.1) is 28.6 Å². The van der Waals surface area contributed by atoms with Gasteiger partial charge < -0.3 is 14.9 Å². The summed E-state index contributed by atoms with van der Waals surface area (Å²) in [6.45, 7) is 5.39. The van der Waals surface area contributed by atoms with Gasteiger partial charge in [0.2, 0.25) is 11.8 Å². The first-order valence-electron chi connectivity index (χ1n) is 11.4. The van der Waals surface area contributed by atoms with Gasteiger partial charge in [-0.25, -0.2) is 4.90 Å². The van der Waals surface area contributed by atoms with Gasteiger partial charge in [0, 0.05) is 24.0 Å². The van der Waals surface area contributed by atoms with Crippen molar-refractivity contribution in [2.45, 2.75) is 45.5 Å². The summed E-state index contributed by atoms with van der Waals surface area (Å²) in [5, 5.41) is 32.9. The summed E-state index contributed by atoms with van der Waals surface area (Å²) in [5.41, 5.74) is 2.13. The number of nitro groups is 1. The molecule has 2 heterocycles. The minimum Gasteiger partial charge on any atom is -0.507 e. The molecule has 178 valence electrons. The van der Waals surface area contributed by atoms with Crippen LogP contribution in [0.4, 0.5) is 11.4 Å². The number of aliphatic hydroxyl groups is 1. The Hall–Kier alpha value is -3.30. The van der Waals surface area contributed by atoms with E-state index in [1.54, 1.807) is 13.8 Å². The smallest absolute Gasteiger partial charge is 0.271 e. The Kier molecular flexibility index (Phi) is 5.03. The fourth-order valence-corrected chi connectivity index (χ4v) is 6.03. The van der Waals surface area contributed by atoms with E-state index in [1.165, 1.54) is 24.3 Å². The quantitative estimate of drug-likeness (QED) is 0.402. The number of rotatable bonds is 3. The maximum absolute atomic E-state index is 13.6. The van der Waals surface area contributed by atoms with Crippen molar-refractivity contribution in [1.29, 1.82) is 0 Å². The first kappa shape index (κ1) is 22.5. The number of imide groups is 1. The van der Waals surface area contributed by atoms with E-state index < -0.39 is 52.3 Å². The number of aryl methyl sites for hydroxylation is 2. The SMILES string of the molecule is Cc1cc([C@@H]2C[C@H]3[C@H]4C(=O)N(c5cccc([N+](=O)[O-])c5)C(=O)[C@H]4C[C@H](C)[C@@]3(O)O2)cc(C)c1O. The lowest BCUT2D eigenvalue weighted by Gasteiger charge is -2.43. The minimum absolute atomic E-state index is 0.162. The highest BCUT2D eigenvalue weighted by atomic mass is 16.6. The predicted molar refractivity (Wildman–Crippen MR) is 121 cm³/mol. The molecule has 9 heteroatoms. The number of amides is 2. The van der Waals surface area contributed by atoms with E-state index in [0.29, 0.717) is 17.5 Å². The van der Waals surface area contributed by atoms with Gasteiger partial charge in [0.15, 0.2) is 5.79 Å². The van der Waals surface area contributed by atoms with E-state index in [4.69, 9.17) is 4.74 Å². The van der Waals surface area contributed by atoms with Crippen LogP contribution in [0.1, 0.15) is 42.6 Å². The summed E-state index contributed by atoms with van der Waals surface area (Å²) in [6.07, 6.45) is 0.116. The molecule has 9 nitrogen and oxygen atoms in total. The molecule has 0 unspecified atom stereocenters. The van der Waals surface area contributed by atoms with Crippen LogP contribution < -0.4 is 4.90 Å². The molecule has 2 aromatic rings. The largest absolute Gasteiger partial charge is 0.507 e. The Balaban J connectivity index is 1.51. The summed E-state index contributed by atoms with van der Waals surface area (Å²) in [4.78, 5) is 38.6. The maximum Gasteiger partial charge on any atom is 0.271 e. The summed E-state index contributed by atoms with van der Waals surface area (Å²) in [5.74, 6) is -4.66. The normalized spacial score (nSPS) is 32.6. The lowest BCUT2D eigenvalue weighted by molar-refractivity contribution is -0.384. The number of nitrogens with zero attached hydrogens (tertiary/aromatic N) is 2. The van der Waals surface area contributed by atoms with Gasteiger partial charge in [-0.05, 0) is 61.6 Å². The number of hydrogen-bond acceptors (Lipinski definition) is 7. The highest BCUT2D eigenvalue weighted by Gasteiger charge is 2.66. The van der Waals surface area contributed by atoms with Gasteiger partial charge in [-0.15, -0.1) is 0 Å². The molecule has 0 radical (unpaired) electrons. The van der Waals surface area contributed by atoms with Gasteiger partial charge in [-0.1, -0.05) is 13.0 Å². The number of nitro benzene ring substituents is 1. The predicted octanol–water partition coefficient (Wildman–Crippen LogP) is 3.53. The molecule has 2 amide bonds. The van der Waals surface area contributed by atoms with Crippen LogP contribution in [0.5, 0.6) is 5.75 Å². The summed E-state index contributed by atoms with van der Waals surface area (Å²) < 4.78 is 6.19. The fraction of sp³-hybridized carbons (Fsp3) is 0.440. The molecule has 1 aliphatic carbocycles. The van der Waals surface area contributed by atoms with Crippen molar-refractivity contribution >= 4 is 23.2 Å². The highest BCUT2D eigenvalue weighted by molar-refractivity contribution is 6.22. The molecule has 0 spiro atoms. The highest BCUT2D eigenvalue weighted by Crippen LogP contribution is 2.58. The number of hydrogen-bond donors (Lipinski definition) is 2. The van der Waals surface area contributed by atoms with Crippen molar-refractivity contribution in [2.24, 2.45) is 23.7 Å². The molecule has 2 saturated heterocycles. The minimum atomic E-state index is -1.58.